The number of esters is 1. The van der Waals surface area contributed by atoms with Gasteiger partial charge in [-0.2, -0.15) is 0 Å². The van der Waals surface area contributed by atoms with Gasteiger partial charge in [-0.3, -0.25) is 4.79 Å². The summed E-state index contributed by atoms with van der Waals surface area (Å²) in [5.74, 6) is 0.683. The van der Waals surface area contributed by atoms with Crippen molar-refractivity contribution in [2.75, 3.05) is 27.2 Å². The van der Waals surface area contributed by atoms with Crippen LogP contribution >= 0.6 is 0 Å². The molecule has 0 aromatic rings. The molecule has 0 radical (unpaired) electrons. The Hall–Kier alpha value is -0.610. The summed E-state index contributed by atoms with van der Waals surface area (Å²) in [4.78, 5) is 14.5. The first-order valence-electron chi connectivity index (χ1n) is 8.46. The highest BCUT2D eigenvalue weighted by Crippen LogP contribution is 2.26. The van der Waals surface area contributed by atoms with Crippen molar-refractivity contribution >= 4 is 5.97 Å². The molecule has 1 saturated carbocycles. The molecule has 1 N–H and O–H groups in total. The van der Waals surface area contributed by atoms with E-state index in [2.05, 4.69) is 31.1 Å². The molecule has 21 heavy (non-hydrogen) atoms. The number of carbonyl (C=O) groups is 1. The molecule has 4 nitrogen and oxygen atoms in total. The summed E-state index contributed by atoms with van der Waals surface area (Å²) >= 11 is 0. The molecular weight excluding hydrogens is 264 g/mol. The number of hydrogen-bond donors (Lipinski definition) is 1. The Balaban J connectivity index is 2.56. The van der Waals surface area contributed by atoms with Crippen LogP contribution in [0.4, 0.5) is 0 Å². The summed E-state index contributed by atoms with van der Waals surface area (Å²) < 4.78 is 5.01. The van der Waals surface area contributed by atoms with Crippen LogP contribution in [-0.2, 0) is 9.53 Å². The first kappa shape index (κ1) is 18.4. The van der Waals surface area contributed by atoms with Crippen molar-refractivity contribution in [3.05, 3.63) is 0 Å². The molecule has 0 aromatic carbocycles. The predicted molar refractivity (Wildman–Crippen MR) is 87.4 cm³/mol. The van der Waals surface area contributed by atoms with Crippen molar-refractivity contribution in [3.8, 4) is 0 Å². The zero-order valence-corrected chi connectivity index (χ0v) is 14.6. The maximum atomic E-state index is 12.1. The SMILES string of the molecule is CCCNC(C)(CC(C)N(C)CC1CCCC1)C(=O)OC. The molecular formula is C17H34N2O2. The van der Waals surface area contributed by atoms with Crippen molar-refractivity contribution in [2.24, 2.45) is 5.92 Å². The van der Waals surface area contributed by atoms with Gasteiger partial charge >= 0.3 is 5.97 Å². The molecule has 1 fully saturated rings. The van der Waals surface area contributed by atoms with E-state index in [1.165, 1.54) is 32.8 Å². The third-order valence-corrected chi connectivity index (χ3v) is 4.88. The number of methoxy groups -OCH3 is 1. The summed E-state index contributed by atoms with van der Waals surface area (Å²) in [6, 6.07) is 0.360. The molecule has 0 aliphatic heterocycles. The van der Waals surface area contributed by atoms with Gasteiger partial charge in [0.15, 0.2) is 0 Å². The second-order valence-corrected chi connectivity index (χ2v) is 6.89. The van der Waals surface area contributed by atoms with Gasteiger partial charge in [-0.15, -0.1) is 0 Å². The van der Waals surface area contributed by atoms with E-state index in [0.717, 1.165) is 31.8 Å². The molecule has 0 amide bonds. The highest BCUT2D eigenvalue weighted by atomic mass is 16.5. The van der Waals surface area contributed by atoms with Crippen LogP contribution in [0.2, 0.25) is 0 Å². The number of ether oxygens (including phenoxy) is 1. The first-order chi connectivity index (χ1) is 9.92. The number of nitrogens with one attached hydrogen (secondary N) is 1. The smallest absolute Gasteiger partial charge is 0.325 e. The van der Waals surface area contributed by atoms with Gasteiger partial charge in [-0.05, 0) is 59.0 Å². The maximum absolute atomic E-state index is 12.1. The molecule has 2 unspecified atom stereocenters. The third-order valence-electron chi connectivity index (χ3n) is 4.88. The number of nitrogens with zero attached hydrogens (tertiary/aromatic N) is 1. The number of hydrogen-bond acceptors (Lipinski definition) is 4. The van der Waals surface area contributed by atoms with Gasteiger partial charge in [0.2, 0.25) is 0 Å². The molecule has 2 atom stereocenters. The van der Waals surface area contributed by atoms with Crippen LogP contribution in [0.5, 0.6) is 0 Å². The fourth-order valence-electron chi connectivity index (χ4n) is 3.38. The van der Waals surface area contributed by atoms with Crippen molar-refractivity contribution < 1.29 is 9.53 Å². The average Bonchev–Trinajstić information content (AvgIpc) is 2.96. The molecule has 1 rings (SSSR count). The fourth-order valence-corrected chi connectivity index (χ4v) is 3.38. The van der Waals surface area contributed by atoms with Gasteiger partial charge in [0, 0.05) is 12.6 Å². The van der Waals surface area contributed by atoms with Gasteiger partial charge in [-0.1, -0.05) is 19.8 Å². The van der Waals surface area contributed by atoms with E-state index in [-0.39, 0.29) is 5.97 Å². The van der Waals surface area contributed by atoms with E-state index in [0.29, 0.717) is 6.04 Å². The Bertz CT molecular complexity index is 316. The minimum atomic E-state index is -0.589. The molecule has 0 bridgehead atoms. The van der Waals surface area contributed by atoms with E-state index in [4.69, 9.17) is 4.74 Å². The topological polar surface area (TPSA) is 41.6 Å². The molecule has 1 aliphatic rings. The van der Waals surface area contributed by atoms with Crippen LogP contribution in [0, 0.1) is 5.92 Å². The molecule has 0 heterocycles. The van der Waals surface area contributed by atoms with E-state index < -0.39 is 5.54 Å². The minimum Gasteiger partial charge on any atom is -0.468 e. The normalized spacial score (nSPS) is 20.5. The molecule has 4 heteroatoms. The van der Waals surface area contributed by atoms with Gasteiger partial charge in [0.25, 0.3) is 0 Å². The minimum absolute atomic E-state index is 0.155. The quantitative estimate of drug-likeness (QED) is 0.665. The van der Waals surface area contributed by atoms with Crippen molar-refractivity contribution in [3.63, 3.8) is 0 Å². The summed E-state index contributed by atoms with van der Waals surface area (Å²) in [6.07, 6.45) is 7.27. The monoisotopic (exact) mass is 298 g/mol. The summed E-state index contributed by atoms with van der Waals surface area (Å²) in [6.45, 7) is 8.27. The van der Waals surface area contributed by atoms with Gasteiger partial charge < -0.3 is 15.0 Å². The van der Waals surface area contributed by atoms with Crippen LogP contribution in [0.3, 0.4) is 0 Å². The van der Waals surface area contributed by atoms with Crippen LogP contribution in [0.25, 0.3) is 0 Å². The molecule has 1 aliphatic carbocycles. The summed E-state index contributed by atoms with van der Waals surface area (Å²) in [5, 5.41) is 3.37. The number of carbonyl (C=O) groups excluding carboxylic acids is 1. The Kier molecular flexibility index (Phi) is 7.67. The van der Waals surface area contributed by atoms with E-state index in [1.54, 1.807) is 0 Å². The lowest BCUT2D eigenvalue weighted by Gasteiger charge is -2.35. The zero-order valence-electron chi connectivity index (χ0n) is 14.6. The van der Waals surface area contributed by atoms with Crippen molar-refractivity contribution in [1.29, 1.82) is 0 Å². The molecule has 0 spiro atoms. The Labute approximate surface area is 130 Å². The van der Waals surface area contributed by atoms with Crippen LogP contribution in [0.1, 0.15) is 59.3 Å². The second-order valence-electron chi connectivity index (χ2n) is 6.89. The lowest BCUT2D eigenvalue weighted by molar-refractivity contribution is -0.148. The first-order valence-corrected chi connectivity index (χ1v) is 8.46. The van der Waals surface area contributed by atoms with E-state index >= 15 is 0 Å². The lowest BCUT2D eigenvalue weighted by atomic mass is 9.92. The molecule has 124 valence electrons. The third kappa shape index (κ3) is 5.59. The lowest BCUT2D eigenvalue weighted by Crippen LogP contribution is -2.54. The summed E-state index contributed by atoms with van der Waals surface area (Å²) in [5.41, 5.74) is -0.589. The largest absolute Gasteiger partial charge is 0.468 e. The van der Waals surface area contributed by atoms with Gasteiger partial charge in [0.1, 0.15) is 5.54 Å². The summed E-state index contributed by atoms with van der Waals surface area (Å²) in [7, 11) is 3.65. The van der Waals surface area contributed by atoms with Crippen molar-refractivity contribution in [1.82, 2.24) is 10.2 Å². The van der Waals surface area contributed by atoms with Gasteiger partial charge in [-0.25, -0.2) is 0 Å². The zero-order chi connectivity index (χ0) is 15.9. The standard InChI is InChI=1S/C17H34N2O2/c1-6-11-18-17(3,16(20)21-5)12-14(2)19(4)13-15-9-7-8-10-15/h14-15,18H,6-13H2,1-5H3. The van der Waals surface area contributed by atoms with E-state index in [1.807, 2.05) is 6.92 Å². The van der Waals surface area contributed by atoms with Crippen molar-refractivity contribution in [2.45, 2.75) is 70.9 Å². The van der Waals surface area contributed by atoms with Gasteiger partial charge in [0.05, 0.1) is 7.11 Å². The Morgan fingerprint density at radius 3 is 2.57 bits per heavy atom. The Morgan fingerprint density at radius 2 is 2.05 bits per heavy atom. The number of rotatable bonds is 9. The highest BCUT2D eigenvalue weighted by molar-refractivity contribution is 5.80. The van der Waals surface area contributed by atoms with Crippen LogP contribution < -0.4 is 5.32 Å². The average molecular weight is 298 g/mol. The predicted octanol–water partition coefficient (Wildman–Crippen LogP) is 2.82. The van der Waals surface area contributed by atoms with Crippen LogP contribution in [-0.4, -0.2) is 49.7 Å². The van der Waals surface area contributed by atoms with E-state index in [9.17, 15) is 4.79 Å². The molecule has 0 aromatic heterocycles. The fraction of sp³-hybridized carbons (Fsp3) is 0.941. The van der Waals surface area contributed by atoms with Crippen LogP contribution in [0.15, 0.2) is 0 Å². The molecule has 0 saturated heterocycles. The highest BCUT2D eigenvalue weighted by Gasteiger charge is 2.36. The second kappa shape index (κ2) is 8.74. The maximum Gasteiger partial charge on any atom is 0.325 e. The Morgan fingerprint density at radius 1 is 1.43 bits per heavy atom.